The third-order valence-corrected chi connectivity index (χ3v) is 2.17. The molecule has 0 saturated carbocycles. The first-order chi connectivity index (χ1) is 5.15. The predicted molar refractivity (Wildman–Crippen MR) is 53.6 cm³/mol. The van der Waals surface area contributed by atoms with E-state index in [-0.39, 0.29) is 0 Å². The standard InChI is InChI=1S/C8H10BBrO/c1-5-3-6(9)8(11-2)7(10)4-5/h3-4H,9H2,1-2H3. The molecule has 58 valence electrons. The molecule has 3 heteroatoms. The topological polar surface area (TPSA) is 9.23 Å². The molecule has 0 saturated heterocycles. The number of hydrogen-bond donors (Lipinski definition) is 0. The first kappa shape index (κ1) is 8.66. The van der Waals surface area contributed by atoms with Gasteiger partial charge in [0.1, 0.15) is 13.6 Å². The molecule has 11 heavy (non-hydrogen) atoms. The minimum atomic E-state index is 0.926. The molecule has 0 heterocycles. The lowest BCUT2D eigenvalue weighted by molar-refractivity contribution is 0.415. The zero-order valence-electron chi connectivity index (χ0n) is 6.94. The minimum absolute atomic E-state index is 0.926. The normalized spacial score (nSPS) is 9.73. The number of ether oxygens (including phenoxy) is 1. The third kappa shape index (κ3) is 1.77. The quantitative estimate of drug-likeness (QED) is 0.632. The Morgan fingerprint density at radius 2 is 2.09 bits per heavy atom. The molecule has 0 bridgehead atoms. The number of hydrogen-bond acceptors (Lipinski definition) is 1. The zero-order chi connectivity index (χ0) is 8.43. The van der Waals surface area contributed by atoms with Gasteiger partial charge in [-0.2, -0.15) is 0 Å². The third-order valence-electron chi connectivity index (χ3n) is 1.58. The molecule has 1 aromatic rings. The van der Waals surface area contributed by atoms with E-state index in [4.69, 9.17) is 4.74 Å². The SMILES string of the molecule is Bc1cc(C)cc(Br)c1OC. The maximum Gasteiger partial charge on any atom is 0.144 e. The van der Waals surface area contributed by atoms with Crippen LogP contribution < -0.4 is 10.2 Å². The second-order valence-corrected chi connectivity index (χ2v) is 3.45. The molecule has 0 N–H and O–H groups in total. The zero-order valence-corrected chi connectivity index (χ0v) is 8.53. The van der Waals surface area contributed by atoms with Gasteiger partial charge in [0.25, 0.3) is 0 Å². The fourth-order valence-corrected chi connectivity index (χ4v) is 2.00. The fraction of sp³-hybridized carbons (Fsp3) is 0.250. The molecule has 0 atom stereocenters. The lowest BCUT2D eigenvalue weighted by Gasteiger charge is -2.07. The Labute approximate surface area is 76.3 Å². The van der Waals surface area contributed by atoms with Crippen molar-refractivity contribution < 1.29 is 4.74 Å². The number of methoxy groups -OCH3 is 1. The average molecular weight is 213 g/mol. The number of halogens is 1. The Balaban J connectivity index is 3.25. The van der Waals surface area contributed by atoms with Gasteiger partial charge in [-0.05, 0) is 34.4 Å². The second-order valence-electron chi connectivity index (χ2n) is 2.60. The highest BCUT2D eigenvalue weighted by atomic mass is 79.9. The van der Waals surface area contributed by atoms with Gasteiger partial charge < -0.3 is 4.74 Å². The van der Waals surface area contributed by atoms with Gasteiger partial charge >= 0.3 is 0 Å². The molecular formula is C8H10BBrO. The van der Waals surface area contributed by atoms with E-state index in [1.165, 1.54) is 11.0 Å². The first-order valence-corrected chi connectivity index (χ1v) is 4.25. The van der Waals surface area contributed by atoms with Crippen LogP contribution >= 0.6 is 15.9 Å². The molecule has 1 aromatic carbocycles. The summed E-state index contributed by atoms with van der Waals surface area (Å²) in [5.41, 5.74) is 2.41. The minimum Gasteiger partial charge on any atom is -0.496 e. The van der Waals surface area contributed by atoms with E-state index in [2.05, 4.69) is 28.9 Å². The molecule has 0 amide bonds. The highest BCUT2D eigenvalue weighted by molar-refractivity contribution is 9.10. The molecule has 0 unspecified atom stereocenters. The van der Waals surface area contributed by atoms with Crippen LogP contribution in [0.1, 0.15) is 5.56 Å². The van der Waals surface area contributed by atoms with E-state index < -0.39 is 0 Å². The summed E-state index contributed by atoms with van der Waals surface area (Å²) >= 11 is 3.43. The van der Waals surface area contributed by atoms with Gasteiger partial charge in [0.2, 0.25) is 0 Å². The molecular weight excluding hydrogens is 203 g/mol. The van der Waals surface area contributed by atoms with E-state index in [9.17, 15) is 0 Å². The maximum absolute atomic E-state index is 5.18. The van der Waals surface area contributed by atoms with Gasteiger partial charge in [-0.1, -0.05) is 11.6 Å². The largest absolute Gasteiger partial charge is 0.496 e. The Morgan fingerprint density at radius 1 is 1.45 bits per heavy atom. The van der Waals surface area contributed by atoms with E-state index >= 15 is 0 Å². The van der Waals surface area contributed by atoms with Crippen LogP contribution in [-0.2, 0) is 0 Å². The number of aryl methyl sites for hydroxylation is 1. The maximum atomic E-state index is 5.18. The van der Waals surface area contributed by atoms with Crippen LogP contribution in [0.15, 0.2) is 16.6 Å². The lowest BCUT2D eigenvalue weighted by atomic mass is 9.93. The van der Waals surface area contributed by atoms with Gasteiger partial charge in [-0.15, -0.1) is 0 Å². The van der Waals surface area contributed by atoms with Crippen LogP contribution in [0, 0.1) is 6.92 Å². The smallest absolute Gasteiger partial charge is 0.144 e. The monoisotopic (exact) mass is 212 g/mol. The molecule has 0 fully saturated rings. The van der Waals surface area contributed by atoms with Gasteiger partial charge in [0.15, 0.2) is 0 Å². The van der Waals surface area contributed by atoms with Gasteiger partial charge in [-0.25, -0.2) is 0 Å². The Kier molecular flexibility index (Phi) is 2.60. The second kappa shape index (κ2) is 3.31. The van der Waals surface area contributed by atoms with Crippen LogP contribution in [0.25, 0.3) is 0 Å². The summed E-state index contributed by atoms with van der Waals surface area (Å²) in [5, 5.41) is 0. The highest BCUT2D eigenvalue weighted by Crippen LogP contribution is 2.22. The van der Waals surface area contributed by atoms with Crippen molar-refractivity contribution in [1.82, 2.24) is 0 Å². The molecule has 0 aliphatic rings. The van der Waals surface area contributed by atoms with Crippen molar-refractivity contribution in [3.63, 3.8) is 0 Å². The van der Waals surface area contributed by atoms with Crippen LogP contribution in [0.2, 0.25) is 0 Å². The van der Waals surface area contributed by atoms with E-state index in [0.717, 1.165) is 10.2 Å². The van der Waals surface area contributed by atoms with Crippen molar-refractivity contribution in [2.45, 2.75) is 6.92 Å². The Bertz CT molecular complexity index is 250. The van der Waals surface area contributed by atoms with Crippen LogP contribution in [0.4, 0.5) is 0 Å². The van der Waals surface area contributed by atoms with E-state index in [0.29, 0.717) is 0 Å². The fourth-order valence-electron chi connectivity index (χ4n) is 1.16. The molecule has 0 aliphatic carbocycles. The molecule has 1 nitrogen and oxygen atoms in total. The predicted octanol–water partition coefficient (Wildman–Crippen LogP) is 1.02. The highest BCUT2D eigenvalue weighted by Gasteiger charge is 2.02. The summed E-state index contributed by atoms with van der Waals surface area (Å²) in [4.78, 5) is 0. The van der Waals surface area contributed by atoms with Crippen LogP contribution in [0.3, 0.4) is 0 Å². The Hall–Kier alpha value is -0.435. The van der Waals surface area contributed by atoms with Crippen LogP contribution in [0.5, 0.6) is 5.75 Å². The molecule has 1 rings (SSSR count). The number of benzene rings is 1. The van der Waals surface area contributed by atoms with Crippen molar-refractivity contribution >= 4 is 29.2 Å². The molecule has 0 aromatic heterocycles. The summed E-state index contributed by atoms with van der Waals surface area (Å²) < 4.78 is 6.21. The van der Waals surface area contributed by atoms with Crippen molar-refractivity contribution in [1.29, 1.82) is 0 Å². The van der Waals surface area contributed by atoms with Crippen molar-refractivity contribution in [2.75, 3.05) is 7.11 Å². The summed E-state index contributed by atoms with van der Waals surface area (Å²) in [7, 11) is 3.72. The summed E-state index contributed by atoms with van der Waals surface area (Å²) in [6.45, 7) is 2.07. The average Bonchev–Trinajstić information content (AvgIpc) is 1.85. The lowest BCUT2D eigenvalue weighted by Crippen LogP contribution is -2.08. The van der Waals surface area contributed by atoms with E-state index in [1.807, 2.05) is 13.9 Å². The summed E-state index contributed by atoms with van der Waals surface area (Å²) in [6.07, 6.45) is 0. The summed E-state index contributed by atoms with van der Waals surface area (Å²) in [5.74, 6) is 0.926. The number of rotatable bonds is 1. The first-order valence-electron chi connectivity index (χ1n) is 3.46. The van der Waals surface area contributed by atoms with Gasteiger partial charge in [0.05, 0.1) is 11.6 Å². The molecule has 0 aliphatic heterocycles. The molecule has 0 radical (unpaired) electrons. The Morgan fingerprint density at radius 3 is 2.55 bits per heavy atom. The van der Waals surface area contributed by atoms with Crippen molar-refractivity contribution in [3.8, 4) is 5.75 Å². The van der Waals surface area contributed by atoms with Crippen molar-refractivity contribution in [2.24, 2.45) is 0 Å². The van der Waals surface area contributed by atoms with Crippen molar-refractivity contribution in [3.05, 3.63) is 22.2 Å². The van der Waals surface area contributed by atoms with Gasteiger partial charge in [0, 0.05) is 0 Å². The summed E-state index contributed by atoms with van der Waals surface area (Å²) in [6, 6.07) is 4.15. The van der Waals surface area contributed by atoms with Crippen LogP contribution in [-0.4, -0.2) is 15.0 Å². The van der Waals surface area contributed by atoms with Gasteiger partial charge in [-0.3, -0.25) is 0 Å². The molecule has 0 spiro atoms. The van der Waals surface area contributed by atoms with E-state index in [1.54, 1.807) is 7.11 Å².